The van der Waals surface area contributed by atoms with Crippen molar-refractivity contribution in [2.24, 2.45) is 5.92 Å². The minimum Gasteiger partial charge on any atom is -0.360 e. The van der Waals surface area contributed by atoms with E-state index < -0.39 is 0 Å². The Morgan fingerprint density at radius 1 is 1.30 bits per heavy atom. The van der Waals surface area contributed by atoms with Crippen molar-refractivity contribution >= 4 is 28.6 Å². The second kappa shape index (κ2) is 7.38. The van der Waals surface area contributed by atoms with Crippen LogP contribution in [0.5, 0.6) is 0 Å². The molecule has 2 heterocycles. The van der Waals surface area contributed by atoms with E-state index in [0.29, 0.717) is 17.7 Å². The molecule has 1 atom stereocenters. The van der Waals surface area contributed by atoms with Crippen LogP contribution in [0.25, 0.3) is 22.3 Å². The summed E-state index contributed by atoms with van der Waals surface area (Å²) in [6.07, 6.45) is 4.27. The Balaban J connectivity index is 1.56. The van der Waals surface area contributed by atoms with Crippen molar-refractivity contribution in [2.45, 2.75) is 50.9 Å². The molecular weight excluding hydrogens is 358 g/mol. The molecule has 1 fully saturated rings. The highest BCUT2D eigenvalue weighted by molar-refractivity contribution is 7.99. The van der Waals surface area contributed by atoms with Crippen molar-refractivity contribution in [1.82, 2.24) is 25.1 Å². The number of carbonyl (C=O) groups is 1. The minimum absolute atomic E-state index is 0.0418. The van der Waals surface area contributed by atoms with E-state index >= 15 is 0 Å². The smallest absolute Gasteiger partial charge is 0.230 e. The molecule has 0 unspecified atom stereocenters. The number of carbonyl (C=O) groups excluding carboxylic acids is 1. The summed E-state index contributed by atoms with van der Waals surface area (Å²) in [5, 5.41) is 13.9. The number of hydrogen-bond acceptors (Lipinski definition) is 4. The fourth-order valence-corrected chi connectivity index (χ4v) is 3.89. The van der Waals surface area contributed by atoms with Gasteiger partial charge in [-0.15, -0.1) is 10.2 Å². The van der Waals surface area contributed by atoms with Crippen LogP contribution in [-0.4, -0.2) is 37.5 Å². The maximum absolute atomic E-state index is 12.2. The zero-order valence-corrected chi connectivity index (χ0v) is 16.7. The molecule has 1 saturated carbocycles. The Bertz CT molecular complexity index is 956. The van der Waals surface area contributed by atoms with Crippen LogP contribution in [-0.2, 0) is 4.79 Å². The Labute approximate surface area is 163 Å². The lowest BCUT2D eigenvalue weighted by molar-refractivity contribution is -0.119. The number of thioether (sulfide) groups is 1. The number of para-hydroxylation sites is 1. The van der Waals surface area contributed by atoms with Gasteiger partial charge in [0.1, 0.15) is 0 Å². The fraction of sp³-hybridized carbons (Fsp3) is 0.450. The van der Waals surface area contributed by atoms with Crippen LogP contribution in [0.15, 0.2) is 35.6 Å². The Kier molecular flexibility index (Phi) is 4.95. The molecule has 0 bridgehead atoms. The molecule has 0 aliphatic heterocycles. The molecule has 1 aliphatic carbocycles. The standard InChI is InChI=1S/C20H25N5OS/c1-12(2)13(3)22-18(26)11-27-20-24-23-19(25(20)14-8-9-14)16-10-21-17-7-5-4-6-15(16)17/h4-7,10,12-14,21H,8-9,11H2,1-3H3,(H,22,26)/t13-/m0/s1. The molecule has 0 spiro atoms. The summed E-state index contributed by atoms with van der Waals surface area (Å²) >= 11 is 1.47. The Morgan fingerprint density at radius 3 is 2.81 bits per heavy atom. The van der Waals surface area contributed by atoms with Gasteiger partial charge in [-0.05, 0) is 31.7 Å². The lowest BCUT2D eigenvalue weighted by Gasteiger charge is -2.17. The van der Waals surface area contributed by atoms with E-state index in [2.05, 4.69) is 51.0 Å². The van der Waals surface area contributed by atoms with E-state index in [1.165, 1.54) is 11.8 Å². The molecule has 1 aliphatic rings. The van der Waals surface area contributed by atoms with Gasteiger partial charge in [-0.25, -0.2) is 0 Å². The number of amides is 1. The number of nitrogens with one attached hydrogen (secondary N) is 2. The predicted molar refractivity (Wildman–Crippen MR) is 109 cm³/mol. The predicted octanol–water partition coefficient (Wildman–Crippen LogP) is 4.01. The average molecular weight is 384 g/mol. The monoisotopic (exact) mass is 383 g/mol. The summed E-state index contributed by atoms with van der Waals surface area (Å²) in [5.74, 6) is 1.70. The lowest BCUT2D eigenvalue weighted by Crippen LogP contribution is -2.37. The summed E-state index contributed by atoms with van der Waals surface area (Å²) in [4.78, 5) is 15.6. The third-order valence-corrected chi connectivity index (χ3v) is 6.07. The number of rotatable bonds is 7. The van der Waals surface area contributed by atoms with E-state index in [1.807, 2.05) is 25.3 Å². The van der Waals surface area contributed by atoms with Crippen LogP contribution in [0.3, 0.4) is 0 Å². The molecule has 4 rings (SSSR count). The van der Waals surface area contributed by atoms with Gasteiger partial charge in [0.05, 0.1) is 5.75 Å². The molecule has 1 aromatic carbocycles. The lowest BCUT2D eigenvalue weighted by atomic mass is 10.1. The Morgan fingerprint density at radius 2 is 2.07 bits per heavy atom. The number of fused-ring (bicyclic) bond motifs is 1. The summed E-state index contributed by atoms with van der Waals surface area (Å²) in [5.41, 5.74) is 2.16. The van der Waals surface area contributed by atoms with E-state index in [0.717, 1.165) is 40.3 Å². The van der Waals surface area contributed by atoms with Gasteiger partial charge >= 0.3 is 0 Å². The molecule has 0 radical (unpaired) electrons. The maximum atomic E-state index is 12.2. The highest BCUT2D eigenvalue weighted by atomic mass is 32.2. The number of aromatic amines is 1. The molecule has 1 amide bonds. The van der Waals surface area contributed by atoms with Crippen molar-refractivity contribution in [1.29, 1.82) is 0 Å². The van der Waals surface area contributed by atoms with Crippen molar-refractivity contribution in [3.8, 4) is 11.4 Å². The molecule has 6 nitrogen and oxygen atoms in total. The first-order chi connectivity index (χ1) is 13.0. The third kappa shape index (κ3) is 3.74. The first kappa shape index (κ1) is 18.1. The number of benzene rings is 1. The van der Waals surface area contributed by atoms with Gasteiger partial charge in [-0.1, -0.05) is 43.8 Å². The van der Waals surface area contributed by atoms with Crippen LogP contribution >= 0.6 is 11.8 Å². The molecule has 2 N–H and O–H groups in total. The fourth-order valence-electron chi connectivity index (χ4n) is 3.07. The molecular formula is C20H25N5OS. The Hall–Kier alpha value is -2.28. The van der Waals surface area contributed by atoms with Gasteiger partial charge in [0.15, 0.2) is 11.0 Å². The van der Waals surface area contributed by atoms with Crippen molar-refractivity contribution in [3.63, 3.8) is 0 Å². The van der Waals surface area contributed by atoms with Crippen LogP contribution in [0, 0.1) is 5.92 Å². The second-order valence-electron chi connectivity index (χ2n) is 7.54. The van der Waals surface area contributed by atoms with Gasteiger partial charge in [0.2, 0.25) is 5.91 Å². The second-order valence-corrected chi connectivity index (χ2v) is 8.49. The molecule has 27 heavy (non-hydrogen) atoms. The number of aromatic nitrogens is 4. The summed E-state index contributed by atoms with van der Waals surface area (Å²) in [6, 6.07) is 8.82. The number of hydrogen-bond donors (Lipinski definition) is 2. The molecule has 2 aromatic heterocycles. The van der Waals surface area contributed by atoms with Gasteiger partial charge < -0.3 is 10.3 Å². The molecule has 7 heteroatoms. The minimum atomic E-state index is 0.0418. The zero-order chi connectivity index (χ0) is 19.0. The van der Waals surface area contributed by atoms with Gasteiger partial charge in [-0.3, -0.25) is 9.36 Å². The maximum Gasteiger partial charge on any atom is 0.230 e. The number of H-pyrrole nitrogens is 1. The zero-order valence-electron chi connectivity index (χ0n) is 15.9. The topological polar surface area (TPSA) is 75.6 Å². The summed E-state index contributed by atoms with van der Waals surface area (Å²) < 4.78 is 2.21. The van der Waals surface area contributed by atoms with E-state index in [1.54, 1.807) is 0 Å². The quantitative estimate of drug-likeness (QED) is 0.604. The first-order valence-corrected chi connectivity index (χ1v) is 10.5. The summed E-state index contributed by atoms with van der Waals surface area (Å²) in [7, 11) is 0. The molecule has 0 saturated heterocycles. The van der Waals surface area contributed by atoms with Crippen molar-refractivity contribution in [2.75, 3.05) is 5.75 Å². The van der Waals surface area contributed by atoms with Crippen molar-refractivity contribution in [3.05, 3.63) is 30.5 Å². The van der Waals surface area contributed by atoms with E-state index in [-0.39, 0.29) is 11.9 Å². The first-order valence-electron chi connectivity index (χ1n) is 9.48. The third-order valence-electron chi connectivity index (χ3n) is 5.13. The number of nitrogens with zero attached hydrogens (tertiary/aromatic N) is 3. The van der Waals surface area contributed by atoms with Crippen molar-refractivity contribution < 1.29 is 4.79 Å². The van der Waals surface area contributed by atoms with Crippen LogP contribution in [0.1, 0.15) is 39.7 Å². The van der Waals surface area contributed by atoms with E-state index in [4.69, 9.17) is 0 Å². The molecule has 142 valence electrons. The van der Waals surface area contributed by atoms with E-state index in [9.17, 15) is 4.79 Å². The van der Waals surface area contributed by atoms with Crippen LogP contribution < -0.4 is 5.32 Å². The van der Waals surface area contributed by atoms with Crippen LogP contribution in [0.2, 0.25) is 0 Å². The van der Waals surface area contributed by atoms with Gasteiger partial charge in [0.25, 0.3) is 0 Å². The summed E-state index contributed by atoms with van der Waals surface area (Å²) in [6.45, 7) is 6.25. The molecule has 3 aromatic rings. The average Bonchev–Trinajstić information content (AvgIpc) is 3.26. The van der Waals surface area contributed by atoms with Gasteiger partial charge in [0, 0.05) is 34.7 Å². The largest absolute Gasteiger partial charge is 0.360 e. The van der Waals surface area contributed by atoms with Crippen LogP contribution in [0.4, 0.5) is 0 Å². The SMILES string of the molecule is CC(C)[C@H](C)NC(=O)CSc1nnc(-c2c[nH]c3ccccc23)n1C1CC1. The van der Waals surface area contributed by atoms with Gasteiger partial charge in [-0.2, -0.15) is 0 Å². The highest BCUT2D eigenvalue weighted by Crippen LogP contribution is 2.42. The normalized spacial score (nSPS) is 15.4. The highest BCUT2D eigenvalue weighted by Gasteiger charge is 2.31.